The lowest BCUT2D eigenvalue weighted by Gasteiger charge is -2.03. The van der Waals surface area contributed by atoms with Crippen molar-refractivity contribution >= 4 is 23.4 Å². The number of hydrogen-bond acceptors (Lipinski definition) is 5. The van der Waals surface area contributed by atoms with Crippen LogP contribution in [-0.2, 0) is 10.5 Å². The average molecular weight is 328 g/mol. The van der Waals surface area contributed by atoms with Crippen LogP contribution in [0, 0.1) is 0 Å². The van der Waals surface area contributed by atoms with E-state index in [0.29, 0.717) is 23.0 Å². The first-order valence-corrected chi connectivity index (χ1v) is 8.45. The average Bonchev–Trinajstić information content (AvgIpc) is 3.16. The van der Waals surface area contributed by atoms with Crippen LogP contribution in [0.25, 0.3) is 5.65 Å². The van der Waals surface area contributed by atoms with Gasteiger partial charge < -0.3 is 13.7 Å². The Hall–Kier alpha value is -2.28. The van der Waals surface area contributed by atoms with Gasteiger partial charge in [0.05, 0.1) is 12.8 Å². The number of ether oxygens (including phenoxy) is 1. The van der Waals surface area contributed by atoms with Crippen molar-refractivity contribution < 1.29 is 9.53 Å². The molecule has 0 radical (unpaired) electrons. The topological polar surface area (TPSA) is 61.4 Å². The van der Waals surface area contributed by atoms with Crippen LogP contribution in [0.2, 0.25) is 0 Å². The van der Waals surface area contributed by atoms with Gasteiger partial charge in [-0.2, -0.15) is 0 Å². The Morgan fingerprint density at radius 2 is 2.30 bits per heavy atom. The molecule has 7 heteroatoms. The Balaban J connectivity index is 1.57. The van der Waals surface area contributed by atoms with E-state index in [1.54, 1.807) is 17.8 Å². The van der Waals surface area contributed by atoms with Gasteiger partial charge in [-0.1, -0.05) is 11.8 Å². The number of carbonyl (C=O) groups excluding carboxylic acids is 1. The number of nitrogens with zero attached hydrogens (tertiary/aromatic N) is 4. The number of rotatable bonds is 5. The predicted molar refractivity (Wildman–Crippen MR) is 86.6 cm³/mol. The van der Waals surface area contributed by atoms with E-state index < -0.39 is 0 Å². The molecule has 0 bridgehead atoms. The highest BCUT2D eigenvalue weighted by Crippen LogP contribution is 2.38. The molecule has 118 valence electrons. The Labute approximate surface area is 137 Å². The Bertz CT molecular complexity index is 866. The third kappa shape index (κ3) is 2.72. The van der Waals surface area contributed by atoms with Crippen molar-refractivity contribution in [2.75, 3.05) is 7.11 Å². The van der Waals surface area contributed by atoms with Crippen LogP contribution in [0.1, 0.15) is 34.9 Å². The second-order valence-corrected chi connectivity index (χ2v) is 6.46. The van der Waals surface area contributed by atoms with E-state index in [2.05, 4.69) is 14.5 Å². The fourth-order valence-electron chi connectivity index (χ4n) is 2.58. The molecule has 6 nitrogen and oxygen atoms in total. The summed E-state index contributed by atoms with van der Waals surface area (Å²) in [6, 6.07) is 4.16. The molecule has 0 unspecified atom stereocenters. The summed E-state index contributed by atoms with van der Waals surface area (Å²) in [5.41, 5.74) is 2.02. The van der Waals surface area contributed by atoms with Gasteiger partial charge >= 0.3 is 5.97 Å². The van der Waals surface area contributed by atoms with Gasteiger partial charge in [-0.05, 0) is 25.0 Å². The van der Waals surface area contributed by atoms with Gasteiger partial charge in [-0.15, -0.1) is 0 Å². The van der Waals surface area contributed by atoms with Gasteiger partial charge in [0.25, 0.3) is 0 Å². The third-order valence-electron chi connectivity index (χ3n) is 3.86. The second-order valence-electron chi connectivity index (χ2n) is 5.51. The first kappa shape index (κ1) is 14.3. The van der Waals surface area contributed by atoms with E-state index in [0.717, 1.165) is 10.9 Å². The third-order valence-corrected chi connectivity index (χ3v) is 4.88. The number of thioether (sulfide) groups is 1. The van der Waals surface area contributed by atoms with Gasteiger partial charge in [0.15, 0.2) is 10.8 Å². The highest BCUT2D eigenvalue weighted by atomic mass is 32.2. The molecular formula is C16H16N4O2S. The van der Waals surface area contributed by atoms with Gasteiger partial charge in [0, 0.05) is 36.6 Å². The quantitative estimate of drug-likeness (QED) is 0.532. The summed E-state index contributed by atoms with van der Waals surface area (Å²) in [5, 5.41) is 1.03. The normalized spacial score (nSPS) is 14.3. The zero-order valence-electron chi connectivity index (χ0n) is 12.7. The molecule has 23 heavy (non-hydrogen) atoms. The number of hydrogen-bond donors (Lipinski definition) is 0. The number of imidazole rings is 2. The number of esters is 1. The van der Waals surface area contributed by atoms with Gasteiger partial charge in [0.1, 0.15) is 5.56 Å². The van der Waals surface area contributed by atoms with Crippen molar-refractivity contribution in [2.24, 2.45) is 0 Å². The van der Waals surface area contributed by atoms with Crippen LogP contribution in [-0.4, -0.2) is 32.0 Å². The summed E-state index contributed by atoms with van der Waals surface area (Å²) in [6.45, 7) is 0. The number of fused-ring (bicyclic) bond motifs is 1. The minimum atomic E-state index is -0.371. The molecule has 0 aromatic carbocycles. The summed E-state index contributed by atoms with van der Waals surface area (Å²) in [5.74, 6) is 0.344. The fourth-order valence-corrected chi connectivity index (χ4v) is 3.49. The summed E-state index contributed by atoms with van der Waals surface area (Å²) in [4.78, 5) is 20.8. The lowest BCUT2D eigenvalue weighted by atomic mass is 10.3. The molecule has 3 aromatic heterocycles. The molecule has 0 saturated heterocycles. The molecule has 0 aliphatic heterocycles. The first-order chi connectivity index (χ1) is 11.3. The molecule has 0 atom stereocenters. The largest absolute Gasteiger partial charge is 0.465 e. The summed E-state index contributed by atoms with van der Waals surface area (Å²) in [7, 11) is 1.38. The molecule has 1 aliphatic carbocycles. The van der Waals surface area contributed by atoms with Crippen LogP contribution in [0.3, 0.4) is 0 Å². The van der Waals surface area contributed by atoms with Crippen LogP contribution in [0.15, 0.2) is 42.1 Å². The van der Waals surface area contributed by atoms with E-state index in [1.807, 2.05) is 35.3 Å². The zero-order valence-corrected chi connectivity index (χ0v) is 13.5. The van der Waals surface area contributed by atoms with Crippen molar-refractivity contribution in [3.63, 3.8) is 0 Å². The van der Waals surface area contributed by atoms with E-state index in [1.165, 1.54) is 20.0 Å². The van der Waals surface area contributed by atoms with Crippen LogP contribution in [0.4, 0.5) is 0 Å². The van der Waals surface area contributed by atoms with E-state index in [9.17, 15) is 4.79 Å². The maximum absolute atomic E-state index is 11.8. The maximum atomic E-state index is 11.8. The molecule has 1 aliphatic rings. The minimum absolute atomic E-state index is 0.371. The molecule has 0 spiro atoms. The van der Waals surface area contributed by atoms with E-state index >= 15 is 0 Å². The molecule has 3 aromatic rings. The molecule has 4 rings (SSSR count). The standard InChI is InChI=1S/C16H16N4O2S/c1-22-15(21)13-3-2-7-19-9-11(18-14(13)19)10-23-16-17-6-8-20(16)12-4-5-12/h2-3,6-9,12H,4-5,10H2,1H3. The number of carbonyl (C=O) groups is 1. The van der Waals surface area contributed by atoms with Crippen LogP contribution in [0.5, 0.6) is 0 Å². The Morgan fingerprint density at radius 1 is 1.43 bits per heavy atom. The van der Waals surface area contributed by atoms with Crippen molar-refractivity contribution in [1.82, 2.24) is 18.9 Å². The summed E-state index contributed by atoms with van der Waals surface area (Å²) < 4.78 is 8.90. The van der Waals surface area contributed by atoms with Gasteiger partial charge in [-0.25, -0.2) is 14.8 Å². The molecule has 0 N–H and O–H groups in total. The van der Waals surface area contributed by atoms with Crippen molar-refractivity contribution in [3.8, 4) is 0 Å². The maximum Gasteiger partial charge on any atom is 0.341 e. The summed E-state index contributed by atoms with van der Waals surface area (Å²) in [6.07, 6.45) is 10.2. The zero-order chi connectivity index (χ0) is 15.8. The first-order valence-electron chi connectivity index (χ1n) is 7.47. The van der Waals surface area contributed by atoms with Crippen molar-refractivity contribution in [1.29, 1.82) is 0 Å². The number of pyridine rings is 1. The molecule has 1 fully saturated rings. The van der Waals surface area contributed by atoms with E-state index in [4.69, 9.17) is 4.74 Å². The van der Waals surface area contributed by atoms with Crippen LogP contribution >= 0.6 is 11.8 Å². The molecular weight excluding hydrogens is 312 g/mol. The molecule has 3 heterocycles. The van der Waals surface area contributed by atoms with Gasteiger partial charge in [0.2, 0.25) is 0 Å². The smallest absolute Gasteiger partial charge is 0.341 e. The van der Waals surface area contributed by atoms with Crippen molar-refractivity contribution in [2.45, 2.75) is 29.8 Å². The monoisotopic (exact) mass is 328 g/mol. The second kappa shape index (κ2) is 5.73. The minimum Gasteiger partial charge on any atom is -0.465 e. The summed E-state index contributed by atoms with van der Waals surface area (Å²) >= 11 is 1.67. The SMILES string of the molecule is COC(=O)c1cccn2cc(CSc3nccn3C3CC3)nc12. The van der Waals surface area contributed by atoms with Crippen LogP contribution < -0.4 is 0 Å². The Kier molecular flexibility index (Phi) is 3.57. The predicted octanol–water partition coefficient (Wildman–Crippen LogP) is 2.94. The number of methoxy groups -OCH3 is 1. The number of aromatic nitrogens is 4. The van der Waals surface area contributed by atoms with Gasteiger partial charge in [-0.3, -0.25) is 0 Å². The molecule has 1 saturated carbocycles. The Morgan fingerprint density at radius 3 is 3.09 bits per heavy atom. The van der Waals surface area contributed by atoms with Crippen molar-refractivity contribution in [3.05, 3.63) is 48.2 Å². The lowest BCUT2D eigenvalue weighted by molar-refractivity contribution is 0.0602. The lowest BCUT2D eigenvalue weighted by Crippen LogP contribution is -2.03. The fraction of sp³-hybridized carbons (Fsp3) is 0.312. The van der Waals surface area contributed by atoms with E-state index in [-0.39, 0.29) is 5.97 Å². The highest BCUT2D eigenvalue weighted by Gasteiger charge is 2.25. The highest BCUT2D eigenvalue weighted by molar-refractivity contribution is 7.98. The molecule has 0 amide bonds.